The number of hydrogen-bond acceptors (Lipinski definition) is 6. The van der Waals surface area contributed by atoms with Gasteiger partial charge >= 0.3 is 0 Å². The number of aromatic nitrogens is 3. The summed E-state index contributed by atoms with van der Waals surface area (Å²) in [5.74, 6) is 1.53. The summed E-state index contributed by atoms with van der Waals surface area (Å²) < 4.78 is 0. The van der Waals surface area contributed by atoms with Crippen LogP contribution in [0, 0.1) is 25.7 Å². The second-order valence-electron chi connectivity index (χ2n) is 8.88. The monoisotopic (exact) mass is 422 g/mol. The highest BCUT2D eigenvalue weighted by atomic mass is 32.1. The van der Waals surface area contributed by atoms with Crippen LogP contribution in [0.2, 0.25) is 0 Å². The van der Waals surface area contributed by atoms with Crippen molar-refractivity contribution in [3.63, 3.8) is 0 Å². The number of nitrogens with one attached hydrogen (secondary N) is 1. The molecule has 158 valence electrons. The van der Waals surface area contributed by atoms with Gasteiger partial charge in [0, 0.05) is 23.8 Å². The molecule has 0 saturated heterocycles. The van der Waals surface area contributed by atoms with Gasteiger partial charge in [0.2, 0.25) is 5.95 Å². The van der Waals surface area contributed by atoms with Gasteiger partial charge in [-0.3, -0.25) is 0 Å². The van der Waals surface area contributed by atoms with Crippen molar-refractivity contribution in [2.75, 3.05) is 5.32 Å². The molecule has 1 aromatic carbocycles. The zero-order valence-corrected chi connectivity index (χ0v) is 19.0. The molecule has 30 heavy (non-hydrogen) atoms. The molecule has 0 radical (unpaired) electrons. The van der Waals surface area contributed by atoms with Crippen molar-refractivity contribution in [2.45, 2.75) is 59.0 Å². The normalized spacial score (nSPS) is 21.2. The lowest BCUT2D eigenvalue weighted by Gasteiger charge is -2.36. The van der Waals surface area contributed by atoms with Crippen molar-refractivity contribution < 1.29 is 5.11 Å². The van der Waals surface area contributed by atoms with Gasteiger partial charge in [-0.05, 0) is 74.8 Å². The van der Waals surface area contributed by atoms with Crippen LogP contribution in [0.3, 0.4) is 0 Å². The topological polar surface area (TPSA) is 70.9 Å². The van der Waals surface area contributed by atoms with Crippen LogP contribution >= 0.6 is 11.3 Å². The minimum atomic E-state index is -0.877. The van der Waals surface area contributed by atoms with E-state index in [1.165, 1.54) is 12.8 Å². The van der Waals surface area contributed by atoms with Crippen LogP contribution in [0.5, 0.6) is 0 Å². The van der Waals surface area contributed by atoms with E-state index in [0.717, 1.165) is 45.2 Å². The summed E-state index contributed by atoms with van der Waals surface area (Å²) in [5, 5.41) is 15.5. The lowest BCUT2D eigenvalue weighted by molar-refractivity contribution is -0.0295. The van der Waals surface area contributed by atoms with E-state index >= 15 is 0 Å². The molecule has 3 unspecified atom stereocenters. The highest BCUT2D eigenvalue weighted by molar-refractivity contribution is 7.15. The Balaban J connectivity index is 1.59. The van der Waals surface area contributed by atoms with Crippen LogP contribution in [-0.4, -0.2) is 20.1 Å². The number of aliphatic hydroxyl groups is 1. The molecule has 2 N–H and O–H groups in total. The Hall–Kier alpha value is -2.31. The van der Waals surface area contributed by atoms with Gasteiger partial charge in [0.15, 0.2) is 0 Å². The molecular formula is C24H30N4OS. The highest BCUT2D eigenvalue weighted by Crippen LogP contribution is 2.43. The average molecular weight is 423 g/mol. The zero-order chi connectivity index (χ0) is 21.3. The van der Waals surface area contributed by atoms with Crippen molar-refractivity contribution in [1.29, 1.82) is 0 Å². The van der Waals surface area contributed by atoms with Gasteiger partial charge in [-0.1, -0.05) is 25.8 Å². The minimum Gasteiger partial charge on any atom is -0.383 e. The molecular weight excluding hydrogens is 392 g/mol. The summed E-state index contributed by atoms with van der Waals surface area (Å²) in [4.78, 5) is 14.4. The molecule has 1 aliphatic rings. The van der Waals surface area contributed by atoms with E-state index in [1.54, 1.807) is 17.5 Å². The third-order valence-corrected chi connectivity index (χ3v) is 7.36. The number of rotatable bonds is 5. The fraction of sp³-hybridized carbons (Fsp3) is 0.458. The molecule has 2 heterocycles. The van der Waals surface area contributed by atoms with Gasteiger partial charge in [-0.25, -0.2) is 15.0 Å². The van der Waals surface area contributed by atoms with E-state index in [4.69, 9.17) is 0 Å². The van der Waals surface area contributed by atoms with Crippen LogP contribution in [0.4, 0.5) is 11.6 Å². The fourth-order valence-electron chi connectivity index (χ4n) is 4.40. The SMILES string of the molecule is Cc1cc(Nc2nccc(C)n2)cc(-c2cnc(C(C)(O)C3CCCC(C)C3)s2)c1. The number of thiazole rings is 1. The minimum absolute atomic E-state index is 0.272. The van der Waals surface area contributed by atoms with Crippen molar-refractivity contribution in [2.24, 2.45) is 11.8 Å². The molecule has 3 aromatic rings. The molecule has 0 bridgehead atoms. The van der Waals surface area contributed by atoms with Crippen molar-refractivity contribution in [3.05, 3.63) is 52.9 Å². The first-order valence-corrected chi connectivity index (χ1v) is 11.5. The molecule has 0 spiro atoms. The van der Waals surface area contributed by atoms with Crippen LogP contribution in [-0.2, 0) is 5.60 Å². The molecule has 1 fully saturated rings. The Morgan fingerprint density at radius 1 is 1.17 bits per heavy atom. The fourth-order valence-corrected chi connectivity index (χ4v) is 5.42. The first-order chi connectivity index (χ1) is 14.3. The number of aryl methyl sites for hydroxylation is 2. The lowest BCUT2D eigenvalue weighted by Crippen LogP contribution is -2.34. The van der Waals surface area contributed by atoms with Crippen LogP contribution in [0.1, 0.15) is 55.8 Å². The summed E-state index contributed by atoms with van der Waals surface area (Å²) >= 11 is 1.59. The predicted molar refractivity (Wildman–Crippen MR) is 123 cm³/mol. The van der Waals surface area contributed by atoms with Gasteiger partial charge in [0.1, 0.15) is 10.6 Å². The number of hydrogen-bond donors (Lipinski definition) is 2. The van der Waals surface area contributed by atoms with E-state index in [0.29, 0.717) is 11.9 Å². The molecule has 0 amide bonds. The van der Waals surface area contributed by atoms with Crippen molar-refractivity contribution in [3.8, 4) is 10.4 Å². The van der Waals surface area contributed by atoms with Gasteiger partial charge in [0.05, 0.1) is 4.88 Å². The van der Waals surface area contributed by atoms with Crippen LogP contribution in [0.15, 0.2) is 36.7 Å². The van der Waals surface area contributed by atoms with Crippen LogP contribution in [0.25, 0.3) is 10.4 Å². The maximum absolute atomic E-state index is 11.3. The Morgan fingerprint density at radius 3 is 2.77 bits per heavy atom. The van der Waals surface area contributed by atoms with E-state index in [9.17, 15) is 5.11 Å². The maximum Gasteiger partial charge on any atom is 0.227 e. The van der Waals surface area contributed by atoms with E-state index in [2.05, 4.69) is 52.3 Å². The Labute approximate surface area is 182 Å². The van der Waals surface area contributed by atoms with Gasteiger partial charge < -0.3 is 10.4 Å². The smallest absolute Gasteiger partial charge is 0.227 e. The van der Waals surface area contributed by atoms with E-state index in [-0.39, 0.29) is 5.92 Å². The number of nitrogens with zero attached hydrogens (tertiary/aromatic N) is 3. The summed E-state index contributed by atoms with van der Waals surface area (Å²) in [7, 11) is 0. The van der Waals surface area contributed by atoms with Crippen LogP contribution < -0.4 is 5.32 Å². The predicted octanol–water partition coefficient (Wildman–Crippen LogP) is 5.99. The summed E-state index contributed by atoms with van der Waals surface area (Å²) in [6.07, 6.45) is 8.24. The number of anilines is 2. The summed E-state index contributed by atoms with van der Waals surface area (Å²) in [6, 6.07) is 8.20. The highest BCUT2D eigenvalue weighted by Gasteiger charge is 2.38. The van der Waals surface area contributed by atoms with Gasteiger partial charge in [-0.2, -0.15) is 0 Å². The molecule has 3 atom stereocenters. The molecule has 6 heteroatoms. The first-order valence-electron chi connectivity index (χ1n) is 10.7. The van der Waals surface area contributed by atoms with Gasteiger partial charge in [-0.15, -0.1) is 11.3 Å². The molecule has 5 nitrogen and oxygen atoms in total. The Morgan fingerprint density at radius 2 is 2.00 bits per heavy atom. The van der Waals surface area contributed by atoms with E-state index in [1.807, 2.05) is 26.1 Å². The molecule has 4 rings (SSSR count). The van der Waals surface area contributed by atoms with E-state index < -0.39 is 5.60 Å². The summed E-state index contributed by atoms with van der Waals surface area (Å²) in [5.41, 5.74) is 3.22. The molecule has 0 aliphatic heterocycles. The van der Waals surface area contributed by atoms with Crippen molar-refractivity contribution >= 4 is 23.0 Å². The second kappa shape index (κ2) is 8.44. The quantitative estimate of drug-likeness (QED) is 0.528. The summed E-state index contributed by atoms with van der Waals surface area (Å²) in [6.45, 7) is 8.25. The third kappa shape index (κ3) is 4.55. The Bertz CT molecular complexity index is 1030. The molecule has 2 aromatic heterocycles. The first kappa shape index (κ1) is 20.9. The largest absolute Gasteiger partial charge is 0.383 e. The maximum atomic E-state index is 11.3. The molecule has 1 aliphatic carbocycles. The standard InChI is InChI=1S/C24H30N4OS/c1-15-6-5-7-19(11-15)24(4,29)22-26-14-21(30-22)18-10-16(2)12-20(13-18)28-23-25-9-8-17(3)27-23/h8-10,12-15,19,29H,5-7,11H2,1-4H3,(H,25,27,28). The Kier molecular flexibility index (Phi) is 5.89. The number of benzene rings is 1. The lowest BCUT2D eigenvalue weighted by atomic mass is 9.74. The average Bonchev–Trinajstić information content (AvgIpc) is 3.19. The third-order valence-electron chi connectivity index (χ3n) is 6.08. The second-order valence-corrected chi connectivity index (χ2v) is 9.91. The molecule has 1 saturated carbocycles. The van der Waals surface area contributed by atoms with Crippen molar-refractivity contribution in [1.82, 2.24) is 15.0 Å². The zero-order valence-electron chi connectivity index (χ0n) is 18.1. The van der Waals surface area contributed by atoms with Gasteiger partial charge in [0.25, 0.3) is 0 Å².